The Labute approximate surface area is 249 Å². The van der Waals surface area contributed by atoms with Crippen LogP contribution in [0.3, 0.4) is 0 Å². The molecule has 0 radical (unpaired) electrons. The van der Waals surface area contributed by atoms with E-state index in [0.717, 1.165) is 6.42 Å². The highest BCUT2D eigenvalue weighted by Crippen LogP contribution is 2.41. The van der Waals surface area contributed by atoms with Gasteiger partial charge in [-0.05, 0) is 105 Å². The van der Waals surface area contributed by atoms with E-state index in [1.54, 1.807) is 22.3 Å². The fourth-order valence-corrected chi connectivity index (χ4v) is 6.13. The van der Waals surface area contributed by atoms with Gasteiger partial charge in [0, 0.05) is 0 Å². The lowest BCUT2D eigenvalue weighted by atomic mass is 9.72. The van der Waals surface area contributed by atoms with Gasteiger partial charge in [0.2, 0.25) is 0 Å². The lowest BCUT2D eigenvalue weighted by Crippen LogP contribution is -2.19. The zero-order chi connectivity index (χ0) is 29.8. The molecule has 0 fully saturated rings. The van der Waals surface area contributed by atoms with Crippen LogP contribution in [0.4, 0.5) is 0 Å². The number of rotatable bonds is 12. The molecule has 2 aliphatic rings. The van der Waals surface area contributed by atoms with Crippen LogP contribution in [-0.4, -0.2) is 0 Å². The Morgan fingerprint density at radius 3 is 1.80 bits per heavy atom. The minimum Gasteiger partial charge on any atom is -0.0874 e. The summed E-state index contributed by atoms with van der Waals surface area (Å²) < 4.78 is 0. The van der Waals surface area contributed by atoms with Gasteiger partial charge in [-0.25, -0.2) is 0 Å². The first-order chi connectivity index (χ1) is 18.8. The van der Waals surface area contributed by atoms with E-state index in [1.165, 1.54) is 44.1 Å². The van der Waals surface area contributed by atoms with E-state index in [1.807, 2.05) is 0 Å². The molecule has 0 spiro atoms. The monoisotopic (exact) mass is 540 g/mol. The third kappa shape index (κ3) is 11.6. The zero-order valence-corrected chi connectivity index (χ0v) is 27.7. The fraction of sp³-hybridized carbons (Fsp3) is 0.550. The quantitative estimate of drug-likeness (QED) is 0.170. The van der Waals surface area contributed by atoms with Gasteiger partial charge in [-0.3, -0.25) is 0 Å². The molecule has 2 aliphatic carbocycles. The molecule has 0 aromatic heterocycles. The maximum atomic E-state index is 2.42. The van der Waals surface area contributed by atoms with E-state index < -0.39 is 0 Å². The largest absolute Gasteiger partial charge is 0.0874 e. The van der Waals surface area contributed by atoms with Crippen molar-refractivity contribution in [2.45, 2.75) is 114 Å². The van der Waals surface area contributed by atoms with Gasteiger partial charge in [-0.1, -0.05) is 144 Å². The van der Waals surface area contributed by atoms with Crippen molar-refractivity contribution in [1.29, 1.82) is 0 Å². The van der Waals surface area contributed by atoms with Gasteiger partial charge < -0.3 is 0 Å². The van der Waals surface area contributed by atoms with Crippen LogP contribution in [0.25, 0.3) is 0 Å². The minimum atomic E-state index is 0.309. The van der Waals surface area contributed by atoms with Crippen LogP contribution in [-0.2, 0) is 0 Å². The third-order valence-corrected chi connectivity index (χ3v) is 8.85. The van der Waals surface area contributed by atoms with Crippen LogP contribution in [0.1, 0.15) is 114 Å². The Hall–Kier alpha value is -2.34. The van der Waals surface area contributed by atoms with Crippen molar-refractivity contribution < 1.29 is 0 Å². The number of allylic oxidation sites excluding steroid dienone is 18. The molecule has 0 heteroatoms. The second kappa shape index (κ2) is 16.2. The minimum absolute atomic E-state index is 0.309. The van der Waals surface area contributed by atoms with Gasteiger partial charge in [-0.2, -0.15) is 0 Å². The van der Waals surface area contributed by atoms with E-state index >= 15 is 0 Å². The van der Waals surface area contributed by atoms with Crippen LogP contribution in [0.5, 0.6) is 0 Å². The number of hydrogen-bond donors (Lipinski definition) is 0. The molecule has 0 bridgehead atoms. The van der Waals surface area contributed by atoms with Gasteiger partial charge in [-0.15, -0.1) is 0 Å². The van der Waals surface area contributed by atoms with Gasteiger partial charge in [0.15, 0.2) is 0 Å². The van der Waals surface area contributed by atoms with Crippen LogP contribution >= 0.6 is 0 Å². The van der Waals surface area contributed by atoms with Crippen molar-refractivity contribution in [1.82, 2.24) is 0 Å². The van der Waals surface area contributed by atoms with E-state index in [9.17, 15) is 0 Å². The second-order valence-corrected chi connectivity index (χ2v) is 14.0. The number of hydrogen-bond acceptors (Lipinski definition) is 0. The Morgan fingerprint density at radius 1 is 0.700 bits per heavy atom. The van der Waals surface area contributed by atoms with Gasteiger partial charge in [0.05, 0.1) is 0 Å². The molecule has 0 aromatic carbocycles. The summed E-state index contributed by atoms with van der Waals surface area (Å²) in [4.78, 5) is 0. The summed E-state index contributed by atoms with van der Waals surface area (Å²) in [5.41, 5.74) is 8.15. The summed E-state index contributed by atoms with van der Waals surface area (Å²) in [6.07, 6.45) is 38.6. The smallest absolute Gasteiger partial charge is 0.00755 e. The first-order valence-electron chi connectivity index (χ1n) is 16.0. The first kappa shape index (κ1) is 33.9. The normalized spacial score (nSPS) is 23.2. The SMILES string of the molecule is CC1=C(/C=C/C(C)/C=C/C=C(C)/C=C/C=C/C(C)/C=C/CC(C)/C=C/C2=C(C)CCCC2(C)C)C(C)(C)CCC1. The molecule has 0 aliphatic heterocycles. The summed E-state index contributed by atoms with van der Waals surface area (Å²) in [5.74, 6) is 1.43. The van der Waals surface area contributed by atoms with Crippen molar-refractivity contribution in [3.63, 3.8) is 0 Å². The van der Waals surface area contributed by atoms with Crippen molar-refractivity contribution in [3.8, 4) is 0 Å². The highest BCUT2D eigenvalue weighted by molar-refractivity contribution is 5.34. The summed E-state index contributed by atoms with van der Waals surface area (Å²) in [6.45, 7) is 23.2. The molecule has 40 heavy (non-hydrogen) atoms. The molecular formula is C40H60. The molecular weight excluding hydrogens is 480 g/mol. The van der Waals surface area contributed by atoms with Gasteiger partial charge in [0.25, 0.3) is 0 Å². The highest BCUT2D eigenvalue weighted by atomic mass is 14.3. The van der Waals surface area contributed by atoms with E-state index in [2.05, 4.69) is 148 Å². The molecule has 0 aromatic rings. The van der Waals surface area contributed by atoms with E-state index in [0.29, 0.717) is 28.6 Å². The topological polar surface area (TPSA) is 0 Å². The average Bonchev–Trinajstić information content (AvgIpc) is 2.85. The molecule has 0 heterocycles. The molecule has 0 nitrogen and oxygen atoms in total. The Bertz CT molecular complexity index is 1080. The second-order valence-electron chi connectivity index (χ2n) is 14.0. The molecule has 3 unspecified atom stereocenters. The summed E-state index contributed by atoms with van der Waals surface area (Å²) in [5, 5.41) is 0. The van der Waals surface area contributed by atoms with Gasteiger partial charge in [0.1, 0.15) is 0 Å². The van der Waals surface area contributed by atoms with Crippen LogP contribution < -0.4 is 0 Å². The zero-order valence-electron chi connectivity index (χ0n) is 27.7. The molecule has 220 valence electrons. The molecule has 2 rings (SSSR count). The fourth-order valence-electron chi connectivity index (χ4n) is 6.13. The van der Waals surface area contributed by atoms with Crippen molar-refractivity contribution in [3.05, 3.63) is 107 Å². The average molecular weight is 541 g/mol. The molecule has 0 N–H and O–H groups in total. The Morgan fingerprint density at radius 2 is 1.23 bits per heavy atom. The Kier molecular flexibility index (Phi) is 13.7. The van der Waals surface area contributed by atoms with Crippen LogP contribution in [0.2, 0.25) is 0 Å². The van der Waals surface area contributed by atoms with E-state index in [-0.39, 0.29) is 0 Å². The lowest BCUT2D eigenvalue weighted by Gasteiger charge is -2.33. The van der Waals surface area contributed by atoms with Crippen LogP contribution in [0, 0.1) is 28.6 Å². The Balaban J connectivity index is 1.78. The summed E-state index contributed by atoms with van der Waals surface area (Å²) in [6, 6.07) is 0. The predicted octanol–water partition coefficient (Wildman–Crippen LogP) is 12.6. The predicted molar refractivity (Wildman–Crippen MR) is 181 cm³/mol. The maximum absolute atomic E-state index is 2.42. The van der Waals surface area contributed by atoms with E-state index in [4.69, 9.17) is 0 Å². The van der Waals surface area contributed by atoms with Crippen molar-refractivity contribution in [2.75, 3.05) is 0 Å². The molecule has 3 atom stereocenters. The lowest BCUT2D eigenvalue weighted by molar-refractivity contribution is 0.376. The van der Waals surface area contributed by atoms with Crippen molar-refractivity contribution in [2.24, 2.45) is 28.6 Å². The van der Waals surface area contributed by atoms with Crippen molar-refractivity contribution >= 4 is 0 Å². The maximum Gasteiger partial charge on any atom is -0.00755 e. The molecule has 0 saturated carbocycles. The molecule has 0 saturated heterocycles. The summed E-state index contributed by atoms with van der Waals surface area (Å²) in [7, 11) is 0. The summed E-state index contributed by atoms with van der Waals surface area (Å²) >= 11 is 0. The molecule has 0 amide bonds. The first-order valence-corrected chi connectivity index (χ1v) is 16.0. The third-order valence-electron chi connectivity index (χ3n) is 8.85. The highest BCUT2D eigenvalue weighted by Gasteiger charge is 2.27. The standard InChI is InChI=1S/C40H60/c1-31(19-13-21-33(3)25-27-37-35(5)23-15-29-39(37,7)8)17-11-12-18-32(2)20-14-22-34(4)26-28-38-36(6)24-16-30-40(38,9)10/h11-14,17-21,25-28,32-34H,15-16,22-24,29-30H2,1-10H3/b17-11+,18-12+,20-14+,21-13+,27-25+,28-26+,31-19+. The van der Waals surface area contributed by atoms with Crippen LogP contribution in [0.15, 0.2) is 107 Å². The van der Waals surface area contributed by atoms with Gasteiger partial charge >= 0.3 is 0 Å².